The summed E-state index contributed by atoms with van der Waals surface area (Å²) in [7, 11) is 1.78. The van der Waals surface area contributed by atoms with E-state index in [1.807, 2.05) is 19.9 Å². The third-order valence-electron chi connectivity index (χ3n) is 1.82. The van der Waals surface area contributed by atoms with Crippen LogP contribution in [-0.2, 0) is 11.8 Å². The van der Waals surface area contributed by atoms with Crippen molar-refractivity contribution in [1.82, 2.24) is 15.1 Å². The van der Waals surface area contributed by atoms with E-state index in [0.717, 1.165) is 5.56 Å². The number of nitrogens with one attached hydrogen (secondary N) is 1. The fraction of sp³-hybridized carbons (Fsp3) is 0.364. The smallest absolute Gasteiger partial charge is 0.262 e. The molecule has 0 fully saturated rings. The summed E-state index contributed by atoms with van der Waals surface area (Å²) in [5.41, 5.74) is 0.819. The van der Waals surface area contributed by atoms with E-state index < -0.39 is 0 Å². The minimum absolute atomic E-state index is 0.0122. The summed E-state index contributed by atoms with van der Waals surface area (Å²) < 4.78 is 1.61. The van der Waals surface area contributed by atoms with Crippen LogP contribution in [0.15, 0.2) is 18.0 Å². The molecule has 0 atom stereocenters. The lowest BCUT2D eigenvalue weighted by atomic mass is 10.2. The molecule has 0 aliphatic heterocycles. The van der Waals surface area contributed by atoms with Crippen LogP contribution in [0.2, 0.25) is 0 Å². The highest BCUT2D eigenvalue weighted by atomic mass is 16.1. The molecular formula is C11H14N4O. The molecule has 1 aromatic heterocycles. The molecule has 84 valence electrons. The molecule has 0 spiro atoms. The second kappa shape index (κ2) is 5.12. The molecule has 1 amide bonds. The zero-order valence-corrected chi connectivity index (χ0v) is 9.56. The Kier molecular flexibility index (Phi) is 3.84. The zero-order valence-electron chi connectivity index (χ0n) is 9.56. The number of amides is 1. The molecule has 1 rings (SSSR count). The lowest BCUT2D eigenvalue weighted by Gasteiger charge is -2.06. The monoisotopic (exact) mass is 218 g/mol. The number of nitrogens with zero attached hydrogens (tertiary/aromatic N) is 3. The molecule has 1 aromatic rings. The minimum atomic E-state index is -0.360. The van der Waals surface area contributed by atoms with Gasteiger partial charge in [0.15, 0.2) is 0 Å². The maximum absolute atomic E-state index is 11.6. The lowest BCUT2D eigenvalue weighted by molar-refractivity contribution is -0.117. The predicted octanol–water partition coefficient (Wildman–Crippen LogP) is 0.852. The highest BCUT2D eigenvalue weighted by molar-refractivity contribution is 6.01. The molecule has 0 unspecified atom stereocenters. The normalized spacial score (nSPS) is 11.3. The average Bonchev–Trinajstić information content (AvgIpc) is 2.59. The van der Waals surface area contributed by atoms with Crippen LogP contribution in [0, 0.1) is 11.3 Å². The molecule has 0 saturated heterocycles. The molecule has 0 aliphatic carbocycles. The first-order valence-electron chi connectivity index (χ1n) is 4.94. The summed E-state index contributed by atoms with van der Waals surface area (Å²) in [6.07, 6.45) is 4.85. The Labute approximate surface area is 94.4 Å². The van der Waals surface area contributed by atoms with Crippen molar-refractivity contribution in [1.29, 1.82) is 5.26 Å². The van der Waals surface area contributed by atoms with Crippen LogP contribution in [0.3, 0.4) is 0 Å². The van der Waals surface area contributed by atoms with Gasteiger partial charge in [0, 0.05) is 24.8 Å². The first-order chi connectivity index (χ1) is 7.52. The molecule has 5 heteroatoms. The van der Waals surface area contributed by atoms with Gasteiger partial charge in [-0.25, -0.2) is 0 Å². The van der Waals surface area contributed by atoms with Crippen molar-refractivity contribution in [3.05, 3.63) is 23.5 Å². The predicted molar refractivity (Wildman–Crippen MR) is 60.1 cm³/mol. The SMILES string of the molecule is CC(C)NC(=O)/C(C#N)=C/c1cnn(C)c1. The van der Waals surface area contributed by atoms with Crippen molar-refractivity contribution in [2.75, 3.05) is 0 Å². The number of hydrogen-bond donors (Lipinski definition) is 1. The van der Waals surface area contributed by atoms with Crippen LogP contribution >= 0.6 is 0 Å². The Balaban J connectivity index is 2.87. The third-order valence-corrected chi connectivity index (χ3v) is 1.82. The van der Waals surface area contributed by atoms with Crippen LogP contribution in [0.4, 0.5) is 0 Å². The van der Waals surface area contributed by atoms with E-state index in [2.05, 4.69) is 10.4 Å². The molecule has 0 bridgehead atoms. The van der Waals surface area contributed by atoms with Crippen molar-refractivity contribution >= 4 is 12.0 Å². The van der Waals surface area contributed by atoms with E-state index in [0.29, 0.717) is 0 Å². The van der Waals surface area contributed by atoms with Gasteiger partial charge in [0.1, 0.15) is 11.6 Å². The fourth-order valence-corrected chi connectivity index (χ4v) is 1.17. The van der Waals surface area contributed by atoms with Crippen molar-refractivity contribution in [2.45, 2.75) is 19.9 Å². The van der Waals surface area contributed by atoms with Crippen LogP contribution in [0.5, 0.6) is 0 Å². The highest BCUT2D eigenvalue weighted by Crippen LogP contribution is 2.05. The summed E-state index contributed by atoms with van der Waals surface area (Å²) >= 11 is 0. The van der Waals surface area contributed by atoms with Gasteiger partial charge in [-0.1, -0.05) is 0 Å². The maximum atomic E-state index is 11.6. The van der Waals surface area contributed by atoms with Gasteiger partial charge >= 0.3 is 0 Å². The molecule has 0 saturated carbocycles. The van der Waals surface area contributed by atoms with E-state index in [1.165, 1.54) is 6.08 Å². The molecule has 16 heavy (non-hydrogen) atoms. The quantitative estimate of drug-likeness (QED) is 0.604. The van der Waals surface area contributed by atoms with Crippen LogP contribution in [0.25, 0.3) is 6.08 Å². The van der Waals surface area contributed by atoms with E-state index in [9.17, 15) is 4.79 Å². The molecule has 1 heterocycles. The summed E-state index contributed by atoms with van der Waals surface area (Å²) in [4.78, 5) is 11.6. The van der Waals surface area contributed by atoms with Crippen molar-refractivity contribution in [3.8, 4) is 6.07 Å². The van der Waals surface area contributed by atoms with Gasteiger partial charge in [-0.05, 0) is 19.9 Å². The van der Waals surface area contributed by atoms with Gasteiger partial charge in [0.2, 0.25) is 0 Å². The Hall–Kier alpha value is -2.09. The molecular weight excluding hydrogens is 204 g/mol. The molecule has 5 nitrogen and oxygen atoms in total. The first-order valence-corrected chi connectivity index (χ1v) is 4.94. The van der Waals surface area contributed by atoms with Crippen molar-refractivity contribution < 1.29 is 4.79 Å². The van der Waals surface area contributed by atoms with E-state index >= 15 is 0 Å². The van der Waals surface area contributed by atoms with E-state index in [1.54, 1.807) is 24.1 Å². The maximum Gasteiger partial charge on any atom is 0.262 e. The molecule has 0 aromatic carbocycles. The number of carbonyl (C=O) groups is 1. The van der Waals surface area contributed by atoms with Gasteiger partial charge in [-0.3, -0.25) is 9.48 Å². The van der Waals surface area contributed by atoms with Gasteiger partial charge in [0.25, 0.3) is 5.91 Å². The minimum Gasteiger partial charge on any atom is -0.349 e. The van der Waals surface area contributed by atoms with Crippen LogP contribution in [0.1, 0.15) is 19.4 Å². The topological polar surface area (TPSA) is 70.7 Å². The van der Waals surface area contributed by atoms with Crippen LogP contribution in [-0.4, -0.2) is 21.7 Å². The van der Waals surface area contributed by atoms with Crippen LogP contribution < -0.4 is 5.32 Å². The molecule has 0 radical (unpaired) electrons. The highest BCUT2D eigenvalue weighted by Gasteiger charge is 2.10. The lowest BCUT2D eigenvalue weighted by Crippen LogP contribution is -2.30. The summed E-state index contributed by atoms with van der Waals surface area (Å²) in [6.45, 7) is 3.69. The second-order valence-corrected chi connectivity index (χ2v) is 3.75. The van der Waals surface area contributed by atoms with Gasteiger partial charge in [-0.2, -0.15) is 10.4 Å². The number of aryl methyl sites for hydroxylation is 1. The van der Waals surface area contributed by atoms with Gasteiger partial charge in [-0.15, -0.1) is 0 Å². The van der Waals surface area contributed by atoms with Crippen molar-refractivity contribution in [3.63, 3.8) is 0 Å². The Morgan fingerprint density at radius 2 is 2.38 bits per heavy atom. The number of hydrogen-bond acceptors (Lipinski definition) is 3. The number of rotatable bonds is 3. The third kappa shape index (κ3) is 3.24. The fourth-order valence-electron chi connectivity index (χ4n) is 1.17. The van der Waals surface area contributed by atoms with Crippen molar-refractivity contribution in [2.24, 2.45) is 7.05 Å². The number of aromatic nitrogens is 2. The molecule has 0 aliphatic rings. The number of nitriles is 1. The summed E-state index contributed by atoms with van der Waals surface area (Å²) in [6, 6.07) is 1.89. The standard InChI is InChI=1S/C11H14N4O/c1-8(2)14-11(16)10(5-12)4-9-6-13-15(3)7-9/h4,6-8H,1-3H3,(H,14,16)/b10-4+. The Bertz CT molecular complexity index is 451. The van der Waals surface area contributed by atoms with E-state index in [4.69, 9.17) is 5.26 Å². The van der Waals surface area contributed by atoms with Gasteiger partial charge in [0.05, 0.1) is 6.20 Å². The first kappa shape index (κ1) is 12.0. The summed E-state index contributed by atoms with van der Waals surface area (Å²) in [5, 5.41) is 15.5. The largest absolute Gasteiger partial charge is 0.349 e. The van der Waals surface area contributed by atoms with E-state index in [-0.39, 0.29) is 17.5 Å². The molecule has 1 N–H and O–H groups in total. The second-order valence-electron chi connectivity index (χ2n) is 3.75. The number of carbonyl (C=O) groups excluding carboxylic acids is 1. The zero-order chi connectivity index (χ0) is 12.1. The summed E-state index contributed by atoms with van der Waals surface area (Å²) in [5.74, 6) is -0.360. The Morgan fingerprint density at radius 1 is 1.69 bits per heavy atom. The average molecular weight is 218 g/mol. The van der Waals surface area contributed by atoms with Gasteiger partial charge < -0.3 is 5.32 Å². The Morgan fingerprint density at radius 3 is 2.81 bits per heavy atom.